The summed E-state index contributed by atoms with van der Waals surface area (Å²) in [7, 11) is -3.62. The molecule has 0 unspecified atom stereocenters. The van der Waals surface area contributed by atoms with Gasteiger partial charge in [-0.1, -0.05) is 11.6 Å². The number of pyridine rings is 1. The molecular weight excluding hydrogens is 240 g/mol. The zero-order valence-electron chi connectivity index (χ0n) is 7.85. The van der Waals surface area contributed by atoms with Crippen molar-refractivity contribution in [2.24, 2.45) is 0 Å². The minimum Gasteiger partial charge on any atom is -0.396 e. The Balaban J connectivity index is 2.83. The lowest BCUT2D eigenvalue weighted by molar-refractivity contribution is 0.289. The lowest BCUT2D eigenvalue weighted by Gasteiger charge is -2.06. The van der Waals surface area contributed by atoms with Gasteiger partial charge in [0.25, 0.3) is 0 Å². The van der Waals surface area contributed by atoms with Gasteiger partial charge in [0.05, 0.1) is 5.02 Å². The fourth-order valence-corrected chi connectivity index (χ4v) is 2.43. The van der Waals surface area contributed by atoms with Crippen LogP contribution < -0.4 is 4.72 Å². The van der Waals surface area contributed by atoms with Gasteiger partial charge < -0.3 is 5.11 Å². The molecule has 0 amide bonds. The van der Waals surface area contributed by atoms with Crippen molar-refractivity contribution in [2.75, 3.05) is 13.2 Å². The molecule has 0 atom stereocenters. The molecule has 15 heavy (non-hydrogen) atoms. The van der Waals surface area contributed by atoms with Gasteiger partial charge in [-0.15, -0.1) is 0 Å². The second-order valence-electron chi connectivity index (χ2n) is 2.78. The van der Waals surface area contributed by atoms with Crippen molar-refractivity contribution in [2.45, 2.75) is 11.3 Å². The smallest absolute Gasteiger partial charge is 0.243 e. The Bertz CT molecular complexity index is 422. The number of aliphatic hydroxyl groups excluding tert-OH is 1. The van der Waals surface area contributed by atoms with Crippen molar-refractivity contribution in [3.63, 3.8) is 0 Å². The van der Waals surface area contributed by atoms with E-state index in [1.54, 1.807) is 0 Å². The third kappa shape index (κ3) is 3.42. The van der Waals surface area contributed by atoms with Crippen LogP contribution in [0.4, 0.5) is 0 Å². The molecule has 0 aliphatic heterocycles. The van der Waals surface area contributed by atoms with Crippen LogP contribution in [0.5, 0.6) is 0 Å². The van der Waals surface area contributed by atoms with Crippen LogP contribution in [0.25, 0.3) is 0 Å². The predicted octanol–water partition coefficient (Wildman–Crippen LogP) is 0.396. The average Bonchev–Trinajstić information content (AvgIpc) is 2.18. The van der Waals surface area contributed by atoms with Crippen LogP contribution in [-0.2, 0) is 10.0 Å². The monoisotopic (exact) mass is 250 g/mol. The van der Waals surface area contributed by atoms with Gasteiger partial charge in [0.1, 0.15) is 4.90 Å². The molecule has 0 saturated carbocycles. The highest BCUT2D eigenvalue weighted by Gasteiger charge is 2.16. The summed E-state index contributed by atoms with van der Waals surface area (Å²) in [5, 5.41) is 8.64. The SMILES string of the molecule is O=S(=O)(NCCCO)c1cnccc1Cl. The van der Waals surface area contributed by atoms with Crippen LogP contribution >= 0.6 is 11.6 Å². The molecule has 0 aromatic carbocycles. The Labute approximate surface area is 93.2 Å². The van der Waals surface area contributed by atoms with E-state index in [1.165, 1.54) is 18.5 Å². The highest BCUT2D eigenvalue weighted by atomic mass is 35.5. The molecule has 1 aromatic rings. The van der Waals surface area contributed by atoms with E-state index < -0.39 is 10.0 Å². The summed E-state index contributed by atoms with van der Waals surface area (Å²) in [6.07, 6.45) is 2.95. The third-order valence-electron chi connectivity index (χ3n) is 1.65. The van der Waals surface area contributed by atoms with Gasteiger partial charge in [-0.3, -0.25) is 4.98 Å². The first-order chi connectivity index (χ1) is 7.08. The van der Waals surface area contributed by atoms with Crippen LogP contribution in [0.3, 0.4) is 0 Å². The molecule has 5 nitrogen and oxygen atoms in total. The summed E-state index contributed by atoms with van der Waals surface area (Å²) in [4.78, 5) is 3.64. The molecule has 1 rings (SSSR count). The zero-order chi connectivity index (χ0) is 11.3. The van der Waals surface area contributed by atoms with E-state index in [9.17, 15) is 8.42 Å². The van der Waals surface area contributed by atoms with Crippen LogP contribution in [0.15, 0.2) is 23.4 Å². The van der Waals surface area contributed by atoms with E-state index in [-0.39, 0.29) is 23.1 Å². The van der Waals surface area contributed by atoms with Crippen molar-refractivity contribution in [3.05, 3.63) is 23.5 Å². The van der Waals surface area contributed by atoms with Gasteiger partial charge in [-0.25, -0.2) is 13.1 Å². The second-order valence-corrected chi connectivity index (χ2v) is 4.92. The lowest BCUT2D eigenvalue weighted by atomic mass is 10.5. The first kappa shape index (κ1) is 12.4. The summed E-state index contributed by atoms with van der Waals surface area (Å²) >= 11 is 5.71. The fourth-order valence-electron chi connectivity index (χ4n) is 0.924. The third-order valence-corrected chi connectivity index (χ3v) is 3.58. The second kappa shape index (κ2) is 5.41. The van der Waals surface area contributed by atoms with E-state index in [1.807, 2.05) is 0 Å². The minimum atomic E-state index is -3.62. The van der Waals surface area contributed by atoms with E-state index in [0.29, 0.717) is 6.42 Å². The van der Waals surface area contributed by atoms with E-state index in [2.05, 4.69) is 9.71 Å². The lowest BCUT2D eigenvalue weighted by Crippen LogP contribution is -2.25. The van der Waals surface area contributed by atoms with Crippen LogP contribution in [0.2, 0.25) is 5.02 Å². The molecular formula is C8H11ClN2O3S. The Morgan fingerprint density at radius 2 is 2.27 bits per heavy atom. The number of sulfonamides is 1. The van der Waals surface area contributed by atoms with Crippen LogP contribution in [0, 0.1) is 0 Å². The standard InChI is InChI=1S/C8H11ClN2O3S/c9-7-2-4-10-6-8(7)15(13,14)11-3-1-5-12/h2,4,6,11-12H,1,3,5H2. The number of nitrogens with one attached hydrogen (secondary N) is 1. The van der Waals surface area contributed by atoms with Crippen molar-refractivity contribution < 1.29 is 13.5 Å². The minimum absolute atomic E-state index is 0.0513. The first-order valence-electron chi connectivity index (χ1n) is 4.28. The van der Waals surface area contributed by atoms with E-state index in [0.717, 1.165) is 0 Å². The topological polar surface area (TPSA) is 79.3 Å². The maximum absolute atomic E-state index is 11.6. The zero-order valence-corrected chi connectivity index (χ0v) is 9.42. The van der Waals surface area contributed by atoms with Crippen molar-refractivity contribution >= 4 is 21.6 Å². The van der Waals surface area contributed by atoms with Crippen molar-refractivity contribution in [3.8, 4) is 0 Å². The van der Waals surface area contributed by atoms with Gasteiger partial charge in [-0.2, -0.15) is 0 Å². The Morgan fingerprint density at radius 3 is 2.87 bits per heavy atom. The molecule has 1 heterocycles. The van der Waals surface area contributed by atoms with Crippen molar-refractivity contribution in [1.29, 1.82) is 0 Å². The summed E-state index contributed by atoms with van der Waals surface area (Å²) < 4.78 is 25.5. The maximum Gasteiger partial charge on any atom is 0.243 e. The number of aromatic nitrogens is 1. The fraction of sp³-hybridized carbons (Fsp3) is 0.375. The molecule has 0 spiro atoms. The Morgan fingerprint density at radius 1 is 1.53 bits per heavy atom. The number of aliphatic hydroxyl groups is 1. The quantitative estimate of drug-likeness (QED) is 0.742. The van der Waals surface area contributed by atoms with Gasteiger partial charge in [0, 0.05) is 25.5 Å². The van der Waals surface area contributed by atoms with Gasteiger partial charge >= 0.3 is 0 Å². The van der Waals surface area contributed by atoms with Gasteiger partial charge in [-0.05, 0) is 12.5 Å². The van der Waals surface area contributed by atoms with Crippen LogP contribution in [-0.4, -0.2) is 31.7 Å². The summed E-state index contributed by atoms with van der Waals surface area (Å²) in [6.45, 7) is 0.105. The Kier molecular flexibility index (Phi) is 4.46. The Hall–Kier alpha value is -0.690. The molecule has 0 saturated heterocycles. The molecule has 0 aliphatic carbocycles. The molecule has 0 bridgehead atoms. The predicted molar refractivity (Wildman–Crippen MR) is 56.1 cm³/mol. The number of hydrogen-bond donors (Lipinski definition) is 2. The molecule has 84 valence electrons. The highest BCUT2D eigenvalue weighted by Crippen LogP contribution is 2.18. The van der Waals surface area contributed by atoms with Gasteiger partial charge in [0.15, 0.2) is 0 Å². The molecule has 0 fully saturated rings. The summed E-state index contributed by atoms with van der Waals surface area (Å²) in [6, 6.07) is 1.40. The van der Waals surface area contributed by atoms with E-state index in [4.69, 9.17) is 16.7 Å². The molecule has 1 aromatic heterocycles. The summed E-state index contributed by atoms with van der Waals surface area (Å²) in [5.74, 6) is 0. The number of nitrogens with zero attached hydrogens (tertiary/aromatic N) is 1. The summed E-state index contributed by atoms with van der Waals surface area (Å²) in [5.41, 5.74) is 0. The largest absolute Gasteiger partial charge is 0.396 e. The van der Waals surface area contributed by atoms with Crippen molar-refractivity contribution in [1.82, 2.24) is 9.71 Å². The highest BCUT2D eigenvalue weighted by molar-refractivity contribution is 7.89. The molecule has 0 aliphatic rings. The van der Waals surface area contributed by atoms with Crippen LogP contribution in [0.1, 0.15) is 6.42 Å². The maximum atomic E-state index is 11.6. The number of hydrogen-bond acceptors (Lipinski definition) is 4. The first-order valence-corrected chi connectivity index (χ1v) is 6.14. The molecule has 0 radical (unpaired) electrons. The normalized spacial score (nSPS) is 11.6. The van der Waals surface area contributed by atoms with Gasteiger partial charge in [0.2, 0.25) is 10.0 Å². The average molecular weight is 251 g/mol. The number of rotatable bonds is 5. The van der Waals surface area contributed by atoms with E-state index >= 15 is 0 Å². The number of halogens is 1. The molecule has 2 N–H and O–H groups in total. The molecule has 7 heteroatoms.